The molecule has 0 fully saturated rings. The van der Waals surface area contributed by atoms with Gasteiger partial charge >= 0.3 is 6.01 Å². The first kappa shape index (κ1) is 17.6. The molecule has 0 radical (unpaired) electrons. The van der Waals surface area contributed by atoms with Crippen molar-refractivity contribution in [2.24, 2.45) is 0 Å². The Labute approximate surface area is 153 Å². The Kier molecular flexibility index (Phi) is 4.98. The molecule has 2 aromatic carbocycles. The fourth-order valence-corrected chi connectivity index (χ4v) is 2.54. The summed E-state index contributed by atoms with van der Waals surface area (Å²) in [5, 5.41) is 2.89. The Hall–Kier alpha value is -3.21. The molecule has 0 spiro atoms. The summed E-state index contributed by atoms with van der Waals surface area (Å²) >= 11 is 0. The van der Waals surface area contributed by atoms with E-state index >= 15 is 0 Å². The molecule has 0 aliphatic heterocycles. The van der Waals surface area contributed by atoms with Crippen LogP contribution in [0.1, 0.15) is 32.9 Å². The lowest BCUT2D eigenvalue weighted by molar-refractivity contribution is 0.102. The summed E-state index contributed by atoms with van der Waals surface area (Å²) in [5.41, 5.74) is 5.29. The van der Waals surface area contributed by atoms with Gasteiger partial charge in [-0.15, -0.1) is 0 Å². The van der Waals surface area contributed by atoms with Gasteiger partial charge in [0.15, 0.2) is 0 Å². The fraction of sp³-hybridized carbons (Fsp3) is 0.190. The van der Waals surface area contributed by atoms with Crippen molar-refractivity contribution >= 4 is 11.6 Å². The molecule has 0 aliphatic carbocycles. The van der Waals surface area contributed by atoms with Crippen LogP contribution in [0.25, 0.3) is 0 Å². The third-order valence-corrected chi connectivity index (χ3v) is 4.05. The average Bonchev–Trinajstić information content (AvgIpc) is 2.58. The highest BCUT2D eigenvalue weighted by atomic mass is 16.5. The number of benzene rings is 2. The summed E-state index contributed by atoms with van der Waals surface area (Å²) in [6.45, 7) is 7.81. The predicted molar refractivity (Wildman–Crippen MR) is 102 cm³/mol. The first-order chi connectivity index (χ1) is 12.4. The monoisotopic (exact) mass is 347 g/mol. The van der Waals surface area contributed by atoms with E-state index in [0.29, 0.717) is 23.0 Å². The number of hydrogen-bond acceptors (Lipinski definition) is 4. The van der Waals surface area contributed by atoms with Crippen LogP contribution >= 0.6 is 0 Å². The number of anilines is 1. The van der Waals surface area contributed by atoms with Crippen molar-refractivity contribution < 1.29 is 9.53 Å². The zero-order valence-corrected chi connectivity index (χ0v) is 15.3. The second kappa shape index (κ2) is 7.35. The highest BCUT2D eigenvalue weighted by Crippen LogP contribution is 2.21. The lowest BCUT2D eigenvalue weighted by Gasteiger charge is -2.09. The van der Waals surface area contributed by atoms with Crippen molar-refractivity contribution in [3.8, 4) is 11.8 Å². The van der Waals surface area contributed by atoms with Gasteiger partial charge < -0.3 is 10.1 Å². The zero-order chi connectivity index (χ0) is 18.7. The number of nitrogens with zero attached hydrogens (tertiary/aromatic N) is 2. The lowest BCUT2D eigenvalue weighted by atomic mass is 10.1. The summed E-state index contributed by atoms with van der Waals surface area (Å²) < 4.78 is 5.68. The number of hydrogen-bond donors (Lipinski definition) is 1. The van der Waals surface area contributed by atoms with Crippen molar-refractivity contribution in [1.29, 1.82) is 0 Å². The summed E-state index contributed by atoms with van der Waals surface area (Å²) in [7, 11) is 0. The van der Waals surface area contributed by atoms with Gasteiger partial charge in [0.1, 0.15) is 5.75 Å². The molecule has 26 heavy (non-hydrogen) atoms. The van der Waals surface area contributed by atoms with Gasteiger partial charge in [-0.25, -0.2) is 9.97 Å². The smallest absolute Gasteiger partial charge is 0.322 e. The number of amides is 1. The van der Waals surface area contributed by atoms with Gasteiger partial charge in [-0.05, 0) is 81.3 Å². The molecule has 1 heterocycles. The topological polar surface area (TPSA) is 64.1 Å². The number of carbonyl (C=O) groups excluding carboxylic acids is 1. The second-order valence-corrected chi connectivity index (χ2v) is 6.31. The Morgan fingerprint density at radius 1 is 0.846 bits per heavy atom. The largest absolute Gasteiger partial charge is 0.424 e. The van der Waals surface area contributed by atoms with E-state index in [1.54, 1.807) is 24.3 Å². The summed E-state index contributed by atoms with van der Waals surface area (Å²) in [6, 6.07) is 15.0. The standard InChI is InChI=1S/C21H21N3O2/c1-13-5-6-17(11-14(13)2)20(25)24-18-7-9-19(10-8-18)26-21-22-15(3)12-16(4)23-21/h5-12H,1-4H3,(H,24,25). The van der Waals surface area contributed by atoms with Crippen LogP contribution in [0.2, 0.25) is 0 Å². The highest BCUT2D eigenvalue weighted by Gasteiger charge is 2.08. The third kappa shape index (κ3) is 4.25. The van der Waals surface area contributed by atoms with Crippen LogP contribution < -0.4 is 10.1 Å². The van der Waals surface area contributed by atoms with Gasteiger partial charge in [-0.1, -0.05) is 6.07 Å². The fourth-order valence-electron chi connectivity index (χ4n) is 2.54. The minimum atomic E-state index is -0.139. The van der Waals surface area contributed by atoms with E-state index in [1.165, 1.54) is 0 Å². The van der Waals surface area contributed by atoms with E-state index in [4.69, 9.17) is 4.74 Å². The molecule has 3 rings (SSSR count). The number of nitrogens with one attached hydrogen (secondary N) is 1. The van der Waals surface area contributed by atoms with Crippen molar-refractivity contribution in [2.75, 3.05) is 5.32 Å². The van der Waals surface area contributed by atoms with Crippen LogP contribution in [-0.2, 0) is 0 Å². The van der Waals surface area contributed by atoms with Crippen molar-refractivity contribution in [3.05, 3.63) is 76.6 Å². The minimum absolute atomic E-state index is 0.139. The van der Waals surface area contributed by atoms with Crippen LogP contribution in [0.3, 0.4) is 0 Å². The van der Waals surface area contributed by atoms with Gasteiger partial charge in [0.05, 0.1) is 0 Å². The number of carbonyl (C=O) groups is 1. The van der Waals surface area contributed by atoms with Crippen molar-refractivity contribution in [3.63, 3.8) is 0 Å². The Balaban J connectivity index is 1.69. The minimum Gasteiger partial charge on any atom is -0.424 e. The quantitative estimate of drug-likeness (QED) is 0.739. The van der Waals surface area contributed by atoms with E-state index < -0.39 is 0 Å². The number of ether oxygens (including phenoxy) is 1. The molecular formula is C21H21N3O2. The van der Waals surface area contributed by atoms with E-state index in [2.05, 4.69) is 15.3 Å². The molecule has 1 N–H and O–H groups in total. The lowest BCUT2D eigenvalue weighted by Crippen LogP contribution is -2.12. The Morgan fingerprint density at radius 2 is 1.50 bits per heavy atom. The molecule has 0 bridgehead atoms. The average molecular weight is 347 g/mol. The number of aromatic nitrogens is 2. The Morgan fingerprint density at radius 3 is 2.12 bits per heavy atom. The molecule has 5 nitrogen and oxygen atoms in total. The van der Waals surface area contributed by atoms with Crippen LogP contribution in [-0.4, -0.2) is 15.9 Å². The maximum Gasteiger partial charge on any atom is 0.322 e. The van der Waals surface area contributed by atoms with Crippen molar-refractivity contribution in [1.82, 2.24) is 9.97 Å². The van der Waals surface area contributed by atoms with Gasteiger partial charge in [0, 0.05) is 22.6 Å². The molecule has 0 saturated carbocycles. The van der Waals surface area contributed by atoms with E-state index in [9.17, 15) is 4.79 Å². The van der Waals surface area contributed by atoms with Gasteiger partial charge in [-0.2, -0.15) is 0 Å². The van der Waals surface area contributed by atoms with Gasteiger partial charge in [0.25, 0.3) is 5.91 Å². The molecule has 3 aromatic rings. The van der Waals surface area contributed by atoms with Crippen LogP contribution in [0, 0.1) is 27.7 Å². The van der Waals surface area contributed by atoms with E-state index in [0.717, 1.165) is 22.5 Å². The molecule has 0 unspecified atom stereocenters. The SMILES string of the molecule is Cc1cc(C)nc(Oc2ccc(NC(=O)c3ccc(C)c(C)c3)cc2)n1. The molecule has 1 amide bonds. The first-order valence-corrected chi connectivity index (χ1v) is 8.39. The predicted octanol–water partition coefficient (Wildman–Crippen LogP) is 4.75. The number of rotatable bonds is 4. The van der Waals surface area contributed by atoms with E-state index in [1.807, 2.05) is 52.0 Å². The molecule has 132 valence electrons. The van der Waals surface area contributed by atoms with Gasteiger partial charge in [0.2, 0.25) is 0 Å². The molecule has 0 aliphatic rings. The summed E-state index contributed by atoms with van der Waals surface area (Å²) in [4.78, 5) is 20.9. The molecule has 5 heteroatoms. The summed E-state index contributed by atoms with van der Waals surface area (Å²) in [5.74, 6) is 0.471. The van der Waals surface area contributed by atoms with Gasteiger partial charge in [-0.3, -0.25) is 4.79 Å². The molecular weight excluding hydrogens is 326 g/mol. The first-order valence-electron chi connectivity index (χ1n) is 8.39. The zero-order valence-electron chi connectivity index (χ0n) is 15.3. The maximum absolute atomic E-state index is 12.4. The molecule has 0 saturated heterocycles. The second-order valence-electron chi connectivity index (χ2n) is 6.31. The molecule has 0 atom stereocenters. The maximum atomic E-state index is 12.4. The molecule has 1 aromatic heterocycles. The normalized spacial score (nSPS) is 10.5. The summed E-state index contributed by atoms with van der Waals surface area (Å²) in [6.07, 6.45) is 0. The third-order valence-electron chi connectivity index (χ3n) is 4.05. The number of aryl methyl sites for hydroxylation is 4. The highest BCUT2D eigenvalue weighted by molar-refractivity contribution is 6.04. The van der Waals surface area contributed by atoms with Crippen LogP contribution in [0.5, 0.6) is 11.8 Å². The Bertz CT molecular complexity index is 930. The van der Waals surface area contributed by atoms with Crippen LogP contribution in [0.15, 0.2) is 48.5 Å². The van der Waals surface area contributed by atoms with Crippen molar-refractivity contribution in [2.45, 2.75) is 27.7 Å². The van der Waals surface area contributed by atoms with Crippen LogP contribution in [0.4, 0.5) is 5.69 Å². The van der Waals surface area contributed by atoms with E-state index in [-0.39, 0.29) is 5.91 Å².